The smallest absolute Gasteiger partial charge is 0.219 e. The van der Waals surface area contributed by atoms with Gasteiger partial charge < -0.3 is 14.4 Å². The van der Waals surface area contributed by atoms with Gasteiger partial charge in [-0.3, -0.25) is 14.6 Å². The molecule has 23 heavy (non-hydrogen) atoms. The molecule has 6 nitrogen and oxygen atoms in total. The number of carbonyl (C=O) groups excluding carboxylic acids is 1. The number of aliphatic hydroxyl groups is 1. The molecule has 128 valence electrons. The number of nitrogens with zero attached hydrogens (tertiary/aromatic N) is 3. The number of amides is 1. The number of hydrogen-bond acceptors (Lipinski definition) is 5. The number of furan rings is 1. The SMILES string of the molecule is CC(=O)N1CCN(C2CCN(Cc3ccco3)CC2)C[C@H](O)C1. The van der Waals surface area contributed by atoms with E-state index in [1.54, 1.807) is 18.1 Å². The Morgan fingerprint density at radius 2 is 2.04 bits per heavy atom. The third-order valence-corrected chi connectivity index (χ3v) is 5.01. The zero-order chi connectivity index (χ0) is 16.2. The fourth-order valence-corrected chi connectivity index (χ4v) is 3.70. The Morgan fingerprint density at radius 3 is 2.70 bits per heavy atom. The van der Waals surface area contributed by atoms with Gasteiger partial charge in [-0.25, -0.2) is 0 Å². The van der Waals surface area contributed by atoms with Crippen LogP contribution in [0.3, 0.4) is 0 Å². The summed E-state index contributed by atoms with van der Waals surface area (Å²) in [4.78, 5) is 18.1. The van der Waals surface area contributed by atoms with Crippen LogP contribution in [0, 0.1) is 0 Å². The van der Waals surface area contributed by atoms with Gasteiger partial charge in [0.1, 0.15) is 5.76 Å². The number of hydrogen-bond donors (Lipinski definition) is 1. The van der Waals surface area contributed by atoms with E-state index in [1.165, 1.54) is 0 Å². The Kier molecular flexibility index (Phi) is 5.35. The fraction of sp³-hybridized carbons (Fsp3) is 0.706. The summed E-state index contributed by atoms with van der Waals surface area (Å²) in [6.45, 7) is 7.27. The standard InChI is InChI=1S/C17H27N3O3/c1-14(21)19-8-9-20(12-16(22)11-19)15-4-6-18(7-5-15)13-17-3-2-10-23-17/h2-3,10,15-16,22H,4-9,11-13H2,1H3/t16-/m1/s1. The summed E-state index contributed by atoms with van der Waals surface area (Å²) in [7, 11) is 0. The molecule has 0 aromatic carbocycles. The number of piperidine rings is 1. The number of rotatable bonds is 3. The minimum Gasteiger partial charge on any atom is -0.468 e. The van der Waals surface area contributed by atoms with Crippen LogP contribution in [-0.4, -0.2) is 77.1 Å². The highest BCUT2D eigenvalue weighted by Gasteiger charge is 2.29. The van der Waals surface area contributed by atoms with Crippen molar-refractivity contribution in [2.45, 2.75) is 38.5 Å². The second-order valence-corrected chi connectivity index (χ2v) is 6.70. The predicted molar refractivity (Wildman–Crippen MR) is 86.8 cm³/mol. The molecule has 1 aromatic heterocycles. The van der Waals surface area contributed by atoms with Gasteiger partial charge in [0.2, 0.25) is 5.91 Å². The Hall–Kier alpha value is -1.37. The lowest BCUT2D eigenvalue weighted by molar-refractivity contribution is -0.129. The maximum Gasteiger partial charge on any atom is 0.219 e. The third kappa shape index (κ3) is 4.34. The molecule has 3 heterocycles. The topological polar surface area (TPSA) is 60.2 Å². The molecule has 0 aliphatic carbocycles. The molecule has 0 bridgehead atoms. The molecule has 1 aromatic rings. The number of likely N-dealkylation sites (tertiary alicyclic amines) is 1. The van der Waals surface area contributed by atoms with Crippen molar-refractivity contribution in [1.29, 1.82) is 0 Å². The van der Waals surface area contributed by atoms with Crippen LogP contribution in [0.5, 0.6) is 0 Å². The highest BCUT2D eigenvalue weighted by molar-refractivity contribution is 5.73. The van der Waals surface area contributed by atoms with Gasteiger partial charge in [0.05, 0.1) is 18.9 Å². The average Bonchev–Trinajstić information content (AvgIpc) is 2.95. The van der Waals surface area contributed by atoms with Crippen LogP contribution >= 0.6 is 0 Å². The second-order valence-electron chi connectivity index (χ2n) is 6.70. The van der Waals surface area contributed by atoms with Crippen LogP contribution in [-0.2, 0) is 11.3 Å². The number of aliphatic hydroxyl groups excluding tert-OH is 1. The highest BCUT2D eigenvalue weighted by Crippen LogP contribution is 2.20. The molecule has 3 rings (SSSR count). The maximum absolute atomic E-state index is 11.6. The van der Waals surface area contributed by atoms with Gasteiger partial charge in [-0.05, 0) is 25.0 Å². The summed E-state index contributed by atoms with van der Waals surface area (Å²) in [5.74, 6) is 1.07. The van der Waals surface area contributed by atoms with E-state index in [1.807, 2.05) is 12.1 Å². The summed E-state index contributed by atoms with van der Waals surface area (Å²) < 4.78 is 5.42. The first kappa shape index (κ1) is 16.5. The molecule has 0 unspecified atom stereocenters. The van der Waals surface area contributed by atoms with E-state index >= 15 is 0 Å². The van der Waals surface area contributed by atoms with Crippen molar-refractivity contribution in [3.05, 3.63) is 24.2 Å². The number of β-amino-alcohol motifs (C(OH)–C–C–N with tert-alkyl or cyclic N) is 1. The van der Waals surface area contributed by atoms with Gasteiger partial charge in [-0.15, -0.1) is 0 Å². The fourth-order valence-electron chi connectivity index (χ4n) is 3.70. The third-order valence-electron chi connectivity index (χ3n) is 5.01. The molecule has 0 radical (unpaired) electrons. The number of carbonyl (C=O) groups is 1. The first-order valence-corrected chi connectivity index (χ1v) is 8.54. The van der Waals surface area contributed by atoms with E-state index < -0.39 is 6.10 Å². The Morgan fingerprint density at radius 1 is 1.26 bits per heavy atom. The van der Waals surface area contributed by atoms with Crippen LogP contribution in [0.15, 0.2) is 22.8 Å². The van der Waals surface area contributed by atoms with Crippen molar-refractivity contribution in [1.82, 2.24) is 14.7 Å². The molecular weight excluding hydrogens is 294 g/mol. The van der Waals surface area contributed by atoms with Crippen LogP contribution in [0.2, 0.25) is 0 Å². The Balaban J connectivity index is 1.50. The van der Waals surface area contributed by atoms with Gasteiger partial charge in [0, 0.05) is 52.2 Å². The molecule has 2 aliphatic rings. The second kappa shape index (κ2) is 7.47. The average molecular weight is 321 g/mol. The molecule has 2 aliphatic heterocycles. The van der Waals surface area contributed by atoms with Gasteiger partial charge in [-0.1, -0.05) is 0 Å². The van der Waals surface area contributed by atoms with Crippen LogP contribution < -0.4 is 0 Å². The van der Waals surface area contributed by atoms with E-state index in [0.717, 1.165) is 51.3 Å². The van der Waals surface area contributed by atoms with Crippen molar-refractivity contribution in [2.75, 3.05) is 39.3 Å². The minimum atomic E-state index is -0.442. The molecule has 2 fully saturated rings. The Labute approximate surface area is 137 Å². The first-order valence-electron chi connectivity index (χ1n) is 8.54. The zero-order valence-electron chi connectivity index (χ0n) is 13.9. The summed E-state index contributed by atoms with van der Waals surface area (Å²) in [6.07, 6.45) is 3.49. The normalized spacial score (nSPS) is 25.5. The lowest BCUT2D eigenvalue weighted by Gasteiger charge is -2.38. The van der Waals surface area contributed by atoms with Crippen LogP contribution in [0.4, 0.5) is 0 Å². The van der Waals surface area contributed by atoms with E-state index in [4.69, 9.17) is 4.42 Å². The molecule has 0 spiro atoms. The predicted octanol–water partition coefficient (Wildman–Crippen LogP) is 0.769. The highest BCUT2D eigenvalue weighted by atomic mass is 16.3. The maximum atomic E-state index is 11.6. The van der Waals surface area contributed by atoms with Crippen LogP contribution in [0.1, 0.15) is 25.5 Å². The van der Waals surface area contributed by atoms with Crippen molar-refractivity contribution in [3.8, 4) is 0 Å². The van der Waals surface area contributed by atoms with Gasteiger partial charge in [0.25, 0.3) is 0 Å². The van der Waals surface area contributed by atoms with E-state index in [0.29, 0.717) is 19.1 Å². The van der Waals surface area contributed by atoms with Crippen molar-refractivity contribution in [2.24, 2.45) is 0 Å². The molecule has 1 atom stereocenters. The van der Waals surface area contributed by atoms with Gasteiger partial charge >= 0.3 is 0 Å². The quantitative estimate of drug-likeness (QED) is 0.891. The molecule has 2 saturated heterocycles. The molecular formula is C17H27N3O3. The summed E-state index contributed by atoms with van der Waals surface area (Å²) in [6, 6.07) is 4.46. The van der Waals surface area contributed by atoms with Crippen molar-refractivity contribution >= 4 is 5.91 Å². The van der Waals surface area contributed by atoms with Gasteiger partial charge in [0.15, 0.2) is 0 Å². The van der Waals surface area contributed by atoms with E-state index in [2.05, 4.69) is 9.80 Å². The van der Waals surface area contributed by atoms with Crippen LogP contribution in [0.25, 0.3) is 0 Å². The first-order chi connectivity index (χ1) is 11.1. The monoisotopic (exact) mass is 321 g/mol. The molecule has 1 N–H and O–H groups in total. The van der Waals surface area contributed by atoms with Crippen molar-refractivity contribution < 1.29 is 14.3 Å². The largest absolute Gasteiger partial charge is 0.468 e. The Bertz CT molecular complexity index is 497. The van der Waals surface area contributed by atoms with E-state index in [9.17, 15) is 9.90 Å². The zero-order valence-corrected chi connectivity index (χ0v) is 13.9. The molecule has 0 saturated carbocycles. The molecule has 1 amide bonds. The van der Waals surface area contributed by atoms with E-state index in [-0.39, 0.29) is 5.91 Å². The van der Waals surface area contributed by atoms with Gasteiger partial charge in [-0.2, -0.15) is 0 Å². The lowest BCUT2D eigenvalue weighted by Crippen LogP contribution is -2.47. The molecule has 6 heteroatoms. The summed E-state index contributed by atoms with van der Waals surface area (Å²) in [5.41, 5.74) is 0. The summed E-state index contributed by atoms with van der Waals surface area (Å²) >= 11 is 0. The van der Waals surface area contributed by atoms with Crippen molar-refractivity contribution in [3.63, 3.8) is 0 Å². The minimum absolute atomic E-state index is 0.0548. The lowest BCUT2D eigenvalue weighted by atomic mass is 10.0. The summed E-state index contributed by atoms with van der Waals surface area (Å²) in [5, 5.41) is 10.2.